The molecule has 1 unspecified atom stereocenters. The zero-order valence-corrected chi connectivity index (χ0v) is 11.9. The highest BCUT2D eigenvalue weighted by molar-refractivity contribution is 5.86. The van der Waals surface area contributed by atoms with Crippen LogP contribution in [0.4, 0.5) is 0 Å². The second-order valence-corrected chi connectivity index (χ2v) is 4.61. The molecule has 0 saturated heterocycles. The number of methoxy groups -OCH3 is 2. The number of ether oxygens (including phenoxy) is 2. The zero-order valence-electron chi connectivity index (χ0n) is 11.9. The number of hydrogen-bond acceptors (Lipinski definition) is 4. The number of amides is 1. The summed E-state index contributed by atoms with van der Waals surface area (Å²) in [7, 11) is 3.18. The Morgan fingerprint density at radius 2 is 2.11 bits per heavy atom. The Hall–Kier alpha value is -1.59. The van der Waals surface area contributed by atoms with E-state index in [0.29, 0.717) is 18.9 Å². The Labute approximate surface area is 114 Å². The molecule has 1 atom stereocenters. The van der Waals surface area contributed by atoms with Gasteiger partial charge in [0, 0.05) is 19.2 Å². The van der Waals surface area contributed by atoms with Crippen molar-refractivity contribution in [1.29, 1.82) is 0 Å². The molecule has 0 saturated carbocycles. The fourth-order valence-electron chi connectivity index (χ4n) is 1.93. The van der Waals surface area contributed by atoms with Crippen molar-refractivity contribution in [2.24, 2.45) is 5.73 Å². The fourth-order valence-corrected chi connectivity index (χ4v) is 1.93. The smallest absolute Gasteiger partial charge is 0.242 e. The molecule has 0 heterocycles. The lowest BCUT2D eigenvalue weighted by Crippen LogP contribution is -2.51. The molecule has 0 aliphatic carbocycles. The number of aryl methyl sites for hydroxylation is 1. The molecule has 1 amide bonds. The van der Waals surface area contributed by atoms with E-state index >= 15 is 0 Å². The summed E-state index contributed by atoms with van der Waals surface area (Å²) in [5, 5.41) is 3.14. The number of carbonyl (C=O) groups excluding carboxylic acids is 1. The van der Waals surface area contributed by atoms with Gasteiger partial charge in [-0.2, -0.15) is 0 Å². The zero-order chi connectivity index (χ0) is 14.5. The first-order chi connectivity index (χ1) is 8.95. The van der Waals surface area contributed by atoms with E-state index in [2.05, 4.69) is 5.32 Å². The van der Waals surface area contributed by atoms with Crippen molar-refractivity contribution in [3.05, 3.63) is 29.3 Å². The lowest BCUT2D eigenvalue weighted by molar-refractivity contribution is -0.124. The maximum atomic E-state index is 11.9. The highest BCUT2D eigenvalue weighted by Gasteiger charge is 2.35. The highest BCUT2D eigenvalue weighted by atomic mass is 16.5. The summed E-state index contributed by atoms with van der Waals surface area (Å²) < 4.78 is 10.3. The van der Waals surface area contributed by atoms with E-state index in [1.165, 1.54) is 0 Å². The van der Waals surface area contributed by atoms with E-state index in [0.717, 1.165) is 11.1 Å². The van der Waals surface area contributed by atoms with Gasteiger partial charge in [0.05, 0.1) is 13.7 Å². The van der Waals surface area contributed by atoms with E-state index in [-0.39, 0.29) is 0 Å². The second-order valence-electron chi connectivity index (χ2n) is 4.61. The molecule has 0 aliphatic heterocycles. The maximum Gasteiger partial charge on any atom is 0.242 e. The molecule has 0 radical (unpaired) electrons. The van der Waals surface area contributed by atoms with Crippen LogP contribution in [0.2, 0.25) is 0 Å². The maximum absolute atomic E-state index is 11.9. The van der Waals surface area contributed by atoms with Gasteiger partial charge < -0.3 is 15.2 Å². The van der Waals surface area contributed by atoms with E-state index in [1.54, 1.807) is 21.1 Å². The lowest BCUT2D eigenvalue weighted by atomic mass is 9.89. The number of primary amides is 1. The molecule has 5 nitrogen and oxygen atoms in total. The molecule has 0 aliphatic rings. The van der Waals surface area contributed by atoms with E-state index in [4.69, 9.17) is 15.2 Å². The third kappa shape index (κ3) is 3.45. The third-order valence-corrected chi connectivity index (χ3v) is 3.17. The second kappa shape index (κ2) is 6.54. The van der Waals surface area contributed by atoms with Gasteiger partial charge >= 0.3 is 0 Å². The number of carbonyl (C=O) groups is 1. The minimum Gasteiger partial charge on any atom is -0.496 e. The largest absolute Gasteiger partial charge is 0.496 e. The Morgan fingerprint density at radius 3 is 2.63 bits per heavy atom. The average molecular weight is 266 g/mol. The van der Waals surface area contributed by atoms with Crippen LogP contribution in [0.25, 0.3) is 0 Å². The summed E-state index contributed by atoms with van der Waals surface area (Å²) in [4.78, 5) is 11.9. The number of hydrogen-bond donors (Lipinski definition) is 2. The van der Waals surface area contributed by atoms with Crippen molar-refractivity contribution >= 4 is 5.91 Å². The molecule has 3 N–H and O–H groups in total. The summed E-state index contributed by atoms with van der Waals surface area (Å²) in [5.74, 6) is 0.185. The Balaban J connectivity index is 3.17. The Morgan fingerprint density at radius 1 is 1.42 bits per heavy atom. The molecule has 0 fully saturated rings. The topological polar surface area (TPSA) is 73.6 Å². The van der Waals surface area contributed by atoms with Gasteiger partial charge in [0.15, 0.2) is 0 Å². The molecule has 1 rings (SSSR count). The molecule has 1 aromatic carbocycles. The molecule has 19 heavy (non-hydrogen) atoms. The summed E-state index contributed by atoms with van der Waals surface area (Å²) >= 11 is 0. The van der Waals surface area contributed by atoms with Crippen LogP contribution < -0.4 is 15.8 Å². The van der Waals surface area contributed by atoms with E-state index in [1.807, 2.05) is 25.1 Å². The summed E-state index contributed by atoms with van der Waals surface area (Å²) in [5.41, 5.74) is 6.34. The van der Waals surface area contributed by atoms with Crippen LogP contribution in [-0.2, 0) is 15.1 Å². The fraction of sp³-hybridized carbons (Fsp3) is 0.500. The van der Waals surface area contributed by atoms with Gasteiger partial charge in [-0.05, 0) is 26.0 Å². The highest BCUT2D eigenvalue weighted by Crippen LogP contribution is 2.30. The van der Waals surface area contributed by atoms with Crippen LogP contribution in [0.3, 0.4) is 0 Å². The number of rotatable bonds is 7. The third-order valence-electron chi connectivity index (χ3n) is 3.17. The first-order valence-corrected chi connectivity index (χ1v) is 6.14. The van der Waals surface area contributed by atoms with Gasteiger partial charge in [0.2, 0.25) is 5.91 Å². The van der Waals surface area contributed by atoms with Crippen molar-refractivity contribution in [2.45, 2.75) is 19.4 Å². The van der Waals surface area contributed by atoms with Gasteiger partial charge in [-0.1, -0.05) is 11.6 Å². The van der Waals surface area contributed by atoms with Crippen molar-refractivity contribution in [3.63, 3.8) is 0 Å². The van der Waals surface area contributed by atoms with Crippen LogP contribution in [-0.4, -0.2) is 33.3 Å². The summed E-state index contributed by atoms with van der Waals surface area (Å²) in [6.07, 6.45) is 0. The van der Waals surface area contributed by atoms with Crippen molar-refractivity contribution < 1.29 is 14.3 Å². The molecule has 106 valence electrons. The predicted octanol–water partition coefficient (Wildman–Crippen LogP) is 0.940. The van der Waals surface area contributed by atoms with Gasteiger partial charge in [0.25, 0.3) is 0 Å². The summed E-state index contributed by atoms with van der Waals surface area (Å²) in [6.45, 7) is 4.73. The van der Waals surface area contributed by atoms with Crippen LogP contribution in [0.5, 0.6) is 5.75 Å². The molecular weight excluding hydrogens is 244 g/mol. The predicted molar refractivity (Wildman–Crippen MR) is 74.2 cm³/mol. The molecule has 0 aromatic heterocycles. The van der Waals surface area contributed by atoms with Gasteiger partial charge in [-0.3, -0.25) is 10.1 Å². The SMILES string of the molecule is COCCNC(C)(C(N)=O)c1cc(C)ccc1OC. The van der Waals surface area contributed by atoms with E-state index in [9.17, 15) is 4.79 Å². The van der Waals surface area contributed by atoms with E-state index < -0.39 is 11.4 Å². The standard InChI is InChI=1S/C14H22N2O3/c1-10-5-6-12(19-4)11(9-10)14(2,13(15)17)16-7-8-18-3/h5-6,9,16H,7-8H2,1-4H3,(H2,15,17). The number of nitrogens with two attached hydrogens (primary N) is 1. The van der Waals surface area contributed by atoms with Crippen molar-refractivity contribution in [2.75, 3.05) is 27.4 Å². The lowest BCUT2D eigenvalue weighted by Gasteiger charge is -2.29. The first-order valence-electron chi connectivity index (χ1n) is 6.14. The van der Waals surface area contributed by atoms with Crippen LogP contribution in [0.15, 0.2) is 18.2 Å². The Bertz CT molecular complexity index is 448. The molecule has 0 bridgehead atoms. The van der Waals surface area contributed by atoms with Crippen LogP contribution in [0.1, 0.15) is 18.1 Å². The number of nitrogens with one attached hydrogen (secondary N) is 1. The average Bonchev–Trinajstić information content (AvgIpc) is 2.38. The first kappa shape index (κ1) is 15.5. The van der Waals surface area contributed by atoms with Crippen molar-refractivity contribution in [1.82, 2.24) is 5.32 Å². The van der Waals surface area contributed by atoms with Crippen molar-refractivity contribution in [3.8, 4) is 5.75 Å². The molecule has 1 aromatic rings. The summed E-state index contributed by atoms with van der Waals surface area (Å²) in [6, 6.07) is 5.67. The quantitative estimate of drug-likeness (QED) is 0.720. The monoisotopic (exact) mass is 266 g/mol. The molecule has 0 spiro atoms. The minimum atomic E-state index is -0.990. The van der Waals surface area contributed by atoms with Gasteiger partial charge in [-0.25, -0.2) is 0 Å². The molecular formula is C14H22N2O3. The minimum absolute atomic E-state index is 0.451. The normalized spacial score (nSPS) is 13.9. The molecule has 5 heteroatoms. The van der Waals surface area contributed by atoms with Crippen LogP contribution >= 0.6 is 0 Å². The van der Waals surface area contributed by atoms with Crippen LogP contribution in [0, 0.1) is 6.92 Å². The van der Waals surface area contributed by atoms with Gasteiger partial charge in [-0.15, -0.1) is 0 Å². The van der Waals surface area contributed by atoms with Gasteiger partial charge in [0.1, 0.15) is 11.3 Å². The number of benzene rings is 1. The Kier molecular flexibility index (Phi) is 5.32.